The van der Waals surface area contributed by atoms with Crippen LogP contribution in [0.4, 0.5) is 0 Å². The summed E-state index contributed by atoms with van der Waals surface area (Å²) in [5.74, 6) is -0.409. The van der Waals surface area contributed by atoms with Gasteiger partial charge >= 0.3 is 0 Å². The van der Waals surface area contributed by atoms with Gasteiger partial charge in [0.15, 0.2) is 0 Å². The Kier molecular flexibility index (Phi) is 2.44. The summed E-state index contributed by atoms with van der Waals surface area (Å²) in [7, 11) is 1.79. The summed E-state index contributed by atoms with van der Waals surface area (Å²) in [4.78, 5) is 10.5. The highest BCUT2D eigenvalue weighted by Crippen LogP contribution is 2.09. The quantitative estimate of drug-likeness (QED) is 0.625. The Morgan fingerprint density at radius 2 is 2.50 bits per heavy atom. The Morgan fingerprint density at radius 1 is 1.83 bits per heavy atom. The molecule has 0 aliphatic rings. The molecule has 0 bridgehead atoms. The number of hydrogen-bond acceptors (Lipinski definition) is 3. The number of nitrogens with zero attached hydrogens (tertiary/aromatic N) is 2. The molecule has 1 atom stereocenters. The van der Waals surface area contributed by atoms with Crippen molar-refractivity contribution in [2.45, 2.75) is 12.5 Å². The van der Waals surface area contributed by atoms with Gasteiger partial charge in [0.1, 0.15) is 0 Å². The highest BCUT2D eigenvalue weighted by molar-refractivity contribution is 5.74. The molecule has 4 N–H and O–H groups in total. The minimum Gasteiger partial charge on any atom is -0.370 e. The van der Waals surface area contributed by atoms with Gasteiger partial charge in [0.05, 0.1) is 11.7 Å². The van der Waals surface area contributed by atoms with Crippen molar-refractivity contribution in [3.8, 4) is 0 Å². The molecule has 5 heteroatoms. The molecule has 0 saturated heterocycles. The van der Waals surface area contributed by atoms with Crippen LogP contribution in [0.25, 0.3) is 0 Å². The molecular formula is C7H12N4O. The molecule has 1 aromatic heterocycles. The van der Waals surface area contributed by atoms with Gasteiger partial charge in [-0.15, -0.1) is 0 Å². The molecule has 0 aromatic carbocycles. The maximum atomic E-state index is 10.5. The van der Waals surface area contributed by atoms with Crippen molar-refractivity contribution >= 4 is 5.91 Å². The molecule has 12 heavy (non-hydrogen) atoms. The Morgan fingerprint density at radius 3 is 2.92 bits per heavy atom. The van der Waals surface area contributed by atoms with Crippen LogP contribution >= 0.6 is 0 Å². The largest absolute Gasteiger partial charge is 0.370 e. The Bertz CT molecular complexity index is 281. The van der Waals surface area contributed by atoms with Crippen LogP contribution in [0, 0.1) is 0 Å². The molecule has 1 heterocycles. The summed E-state index contributed by atoms with van der Waals surface area (Å²) >= 11 is 0. The van der Waals surface area contributed by atoms with E-state index in [0.29, 0.717) is 5.69 Å². The van der Waals surface area contributed by atoms with Crippen LogP contribution < -0.4 is 11.5 Å². The summed E-state index contributed by atoms with van der Waals surface area (Å²) in [6.45, 7) is 0. The molecule has 0 fully saturated rings. The topological polar surface area (TPSA) is 86.9 Å². The van der Waals surface area contributed by atoms with E-state index in [1.165, 1.54) is 0 Å². The average Bonchev–Trinajstić information content (AvgIpc) is 2.34. The average molecular weight is 168 g/mol. The van der Waals surface area contributed by atoms with Crippen molar-refractivity contribution in [1.29, 1.82) is 0 Å². The van der Waals surface area contributed by atoms with Crippen LogP contribution in [0.15, 0.2) is 12.3 Å². The fourth-order valence-corrected chi connectivity index (χ4v) is 0.952. The van der Waals surface area contributed by atoms with Gasteiger partial charge in [-0.3, -0.25) is 9.48 Å². The smallest absolute Gasteiger partial charge is 0.219 e. The Balaban J connectivity index is 2.64. The summed E-state index contributed by atoms with van der Waals surface area (Å²) in [6.07, 6.45) is 1.91. The third kappa shape index (κ3) is 2.06. The van der Waals surface area contributed by atoms with Crippen molar-refractivity contribution in [3.63, 3.8) is 0 Å². The molecule has 5 nitrogen and oxygen atoms in total. The summed E-state index contributed by atoms with van der Waals surface area (Å²) in [5.41, 5.74) is 11.3. The van der Waals surface area contributed by atoms with E-state index in [9.17, 15) is 4.79 Å². The first-order valence-corrected chi connectivity index (χ1v) is 3.63. The molecule has 1 rings (SSSR count). The number of rotatable bonds is 3. The Labute approximate surface area is 70.3 Å². The van der Waals surface area contributed by atoms with Crippen LogP contribution in [0.1, 0.15) is 18.2 Å². The summed E-state index contributed by atoms with van der Waals surface area (Å²) in [6, 6.07) is 1.39. The van der Waals surface area contributed by atoms with E-state index in [4.69, 9.17) is 11.5 Å². The van der Waals surface area contributed by atoms with Crippen molar-refractivity contribution in [3.05, 3.63) is 18.0 Å². The maximum Gasteiger partial charge on any atom is 0.219 e. The lowest BCUT2D eigenvalue weighted by molar-refractivity contribution is -0.118. The van der Waals surface area contributed by atoms with Crippen molar-refractivity contribution in [2.24, 2.45) is 18.5 Å². The van der Waals surface area contributed by atoms with Gasteiger partial charge in [-0.25, -0.2) is 0 Å². The monoisotopic (exact) mass is 168 g/mol. The van der Waals surface area contributed by atoms with Gasteiger partial charge in [0.25, 0.3) is 0 Å². The standard InChI is InChI=1S/C7H12N4O/c1-11-3-2-6(10-11)5(8)4-7(9)12/h2-3,5H,4,8H2,1H3,(H2,9,12)/t5-/m0/s1. The Hall–Kier alpha value is -1.36. The van der Waals surface area contributed by atoms with Crippen molar-refractivity contribution in [1.82, 2.24) is 9.78 Å². The minimum atomic E-state index is -0.409. The lowest BCUT2D eigenvalue weighted by atomic mass is 10.1. The molecule has 1 aromatic rings. The van der Waals surface area contributed by atoms with E-state index in [-0.39, 0.29) is 12.5 Å². The zero-order valence-electron chi connectivity index (χ0n) is 6.90. The molecule has 0 spiro atoms. The number of nitrogens with two attached hydrogens (primary N) is 2. The number of aromatic nitrogens is 2. The first-order valence-electron chi connectivity index (χ1n) is 3.63. The minimum absolute atomic E-state index is 0.136. The zero-order valence-corrected chi connectivity index (χ0v) is 6.90. The highest BCUT2D eigenvalue weighted by Gasteiger charge is 2.10. The van der Waals surface area contributed by atoms with Gasteiger partial charge < -0.3 is 11.5 Å². The normalized spacial score (nSPS) is 12.8. The third-order valence-electron chi connectivity index (χ3n) is 1.54. The van der Waals surface area contributed by atoms with Crippen molar-refractivity contribution < 1.29 is 4.79 Å². The van der Waals surface area contributed by atoms with Crippen LogP contribution in [-0.4, -0.2) is 15.7 Å². The molecule has 0 aliphatic heterocycles. The first-order chi connectivity index (χ1) is 5.59. The zero-order chi connectivity index (χ0) is 9.14. The number of primary amides is 1. The maximum absolute atomic E-state index is 10.5. The second kappa shape index (κ2) is 3.36. The molecule has 0 radical (unpaired) electrons. The summed E-state index contributed by atoms with van der Waals surface area (Å²) in [5, 5.41) is 4.05. The first kappa shape index (κ1) is 8.73. The van der Waals surface area contributed by atoms with E-state index >= 15 is 0 Å². The van der Waals surface area contributed by atoms with E-state index < -0.39 is 5.91 Å². The van der Waals surface area contributed by atoms with Gasteiger partial charge in [-0.1, -0.05) is 0 Å². The SMILES string of the molecule is Cn1ccc([C@@H](N)CC(N)=O)n1. The van der Waals surface area contributed by atoms with Gasteiger partial charge in [0.2, 0.25) is 5.91 Å². The third-order valence-corrected chi connectivity index (χ3v) is 1.54. The fourth-order valence-electron chi connectivity index (χ4n) is 0.952. The lowest BCUT2D eigenvalue weighted by Crippen LogP contribution is -2.21. The molecule has 1 amide bonds. The van der Waals surface area contributed by atoms with E-state index in [1.807, 2.05) is 0 Å². The van der Waals surface area contributed by atoms with Gasteiger partial charge in [-0.2, -0.15) is 5.10 Å². The van der Waals surface area contributed by atoms with Crippen molar-refractivity contribution in [2.75, 3.05) is 0 Å². The summed E-state index contributed by atoms with van der Waals surface area (Å²) < 4.78 is 1.64. The number of hydrogen-bond donors (Lipinski definition) is 2. The van der Waals surface area contributed by atoms with Crippen LogP contribution in [0.3, 0.4) is 0 Å². The number of amides is 1. The number of aryl methyl sites for hydroxylation is 1. The number of carbonyl (C=O) groups is 1. The molecule has 0 aliphatic carbocycles. The predicted molar refractivity (Wildman–Crippen MR) is 43.9 cm³/mol. The lowest BCUT2D eigenvalue weighted by Gasteiger charge is -2.04. The van der Waals surface area contributed by atoms with Gasteiger partial charge in [-0.05, 0) is 6.07 Å². The molecule has 0 saturated carbocycles. The van der Waals surface area contributed by atoms with E-state index in [1.54, 1.807) is 24.0 Å². The van der Waals surface area contributed by atoms with Gasteiger partial charge in [0, 0.05) is 19.7 Å². The number of carbonyl (C=O) groups excluding carboxylic acids is 1. The van der Waals surface area contributed by atoms with Crippen LogP contribution in [0.5, 0.6) is 0 Å². The van der Waals surface area contributed by atoms with Crippen LogP contribution in [-0.2, 0) is 11.8 Å². The fraction of sp³-hybridized carbons (Fsp3) is 0.429. The highest BCUT2D eigenvalue weighted by atomic mass is 16.1. The van der Waals surface area contributed by atoms with Crippen LogP contribution in [0.2, 0.25) is 0 Å². The molecule has 0 unspecified atom stereocenters. The second-order valence-electron chi connectivity index (χ2n) is 2.69. The second-order valence-corrected chi connectivity index (χ2v) is 2.69. The molecular weight excluding hydrogens is 156 g/mol. The predicted octanol–water partition coefficient (Wildman–Crippen LogP) is -0.705. The molecule has 66 valence electrons. The van der Waals surface area contributed by atoms with E-state index in [0.717, 1.165) is 0 Å². The van der Waals surface area contributed by atoms with E-state index in [2.05, 4.69) is 5.10 Å².